The highest BCUT2D eigenvalue weighted by Gasteiger charge is 2.39. The molecule has 1 heterocycles. The van der Waals surface area contributed by atoms with Gasteiger partial charge in [-0.15, -0.1) is 0 Å². The van der Waals surface area contributed by atoms with Crippen LogP contribution in [0.25, 0.3) is 0 Å². The van der Waals surface area contributed by atoms with E-state index in [1.807, 2.05) is 91.0 Å². The van der Waals surface area contributed by atoms with Crippen LogP contribution in [0.2, 0.25) is 0 Å². The maximum absolute atomic E-state index is 13.5. The number of para-hydroxylation sites is 2. The Balaban J connectivity index is 1.30. The van der Waals surface area contributed by atoms with Gasteiger partial charge in [0.2, 0.25) is 11.8 Å². The number of aliphatic imine (C=N–C) groups is 1. The lowest BCUT2D eigenvalue weighted by Gasteiger charge is -2.31. The number of nitrogens with zero attached hydrogens (tertiary/aromatic N) is 2. The zero-order valence-electron chi connectivity index (χ0n) is 22.9. The second-order valence-corrected chi connectivity index (χ2v) is 10.5. The molecule has 0 bridgehead atoms. The van der Waals surface area contributed by atoms with Crippen LogP contribution in [-0.4, -0.2) is 23.3 Å². The summed E-state index contributed by atoms with van der Waals surface area (Å²) < 4.78 is 5.81. The van der Waals surface area contributed by atoms with E-state index in [0.29, 0.717) is 33.4 Å². The predicted molar refractivity (Wildman–Crippen MR) is 168 cm³/mol. The van der Waals surface area contributed by atoms with Crippen LogP contribution in [0.4, 0.5) is 11.4 Å². The number of hydrogen-bond acceptors (Lipinski definition) is 6. The molecule has 1 aliphatic heterocycles. The third-order valence-corrected chi connectivity index (χ3v) is 7.65. The van der Waals surface area contributed by atoms with Crippen molar-refractivity contribution in [3.8, 4) is 17.6 Å². The highest BCUT2D eigenvalue weighted by atomic mass is 32.2. The maximum atomic E-state index is 13.5. The number of benzene rings is 4. The summed E-state index contributed by atoms with van der Waals surface area (Å²) in [7, 11) is 0. The Morgan fingerprint density at radius 2 is 1.38 bits per heavy atom. The second kappa shape index (κ2) is 13.5. The second-order valence-electron chi connectivity index (χ2n) is 9.58. The van der Waals surface area contributed by atoms with Crippen LogP contribution in [0.15, 0.2) is 131 Å². The topological polar surface area (TPSA) is 104 Å². The van der Waals surface area contributed by atoms with E-state index >= 15 is 0 Å². The Bertz CT molecular complexity index is 1650. The van der Waals surface area contributed by atoms with E-state index in [0.717, 1.165) is 11.3 Å². The van der Waals surface area contributed by atoms with Crippen molar-refractivity contribution in [2.45, 2.75) is 12.8 Å². The molecule has 0 spiro atoms. The van der Waals surface area contributed by atoms with E-state index in [-0.39, 0.29) is 17.6 Å². The summed E-state index contributed by atoms with van der Waals surface area (Å²) in [6, 6.07) is 37.5. The van der Waals surface area contributed by atoms with E-state index < -0.39 is 11.8 Å². The lowest BCUT2D eigenvalue weighted by atomic mass is 9.77. The van der Waals surface area contributed by atoms with Crippen molar-refractivity contribution >= 4 is 40.7 Å². The quantitative estimate of drug-likeness (QED) is 0.218. The summed E-state index contributed by atoms with van der Waals surface area (Å²) >= 11 is 1.18. The molecule has 42 heavy (non-hydrogen) atoms. The SMILES string of the molecule is CC1=NC(SCC(=O)Nc2ccc(Oc3ccccc3)cc2)=C(C#N)[C@H](c2ccccc2)[C@H]1C(=O)Nc1ccccc1. The molecule has 2 N–H and O–H groups in total. The Hall–Kier alpha value is -5.13. The third-order valence-electron chi connectivity index (χ3n) is 6.66. The number of nitrogens with one attached hydrogen (secondary N) is 2. The smallest absolute Gasteiger partial charge is 0.234 e. The number of nitriles is 1. The van der Waals surface area contributed by atoms with Crippen molar-refractivity contribution in [3.63, 3.8) is 0 Å². The zero-order chi connectivity index (χ0) is 29.3. The minimum absolute atomic E-state index is 0.0436. The molecule has 208 valence electrons. The fourth-order valence-corrected chi connectivity index (χ4v) is 5.60. The van der Waals surface area contributed by atoms with Gasteiger partial charge in [-0.3, -0.25) is 9.59 Å². The molecule has 5 rings (SSSR count). The maximum Gasteiger partial charge on any atom is 0.234 e. The summed E-state index contributed by atoms with van der Waals surface area (Å²) in [5, 5.41) is 16.6. The minimum atomic E-state index is -0.683. The van der Waals surface area contributed by atoms with Gasteiger partial charge in [-0.2, -0.15) is 5.26 Å². The Labute approximate surface area is 249 Å². The summed E-state index contributed by atoms with van der Waals surface area (Å²) in [5.41, 5.74) is 3.06. The van der Waals surface area contributed by atoms with Crippen molar-refractivity contribution in [1.29, 1.82) is 5.26 Å². The monoisotopic (exact) mass is 572 g/mol. The van der Waals surface area contributed by atoms with Gasteiger partial charge in [-0.05, 0) is 61.0 Å². The van der Waals surface area contributed by atoms with Crippen LogP contribution >= 0.6 is 11.8 Å². The van der Waals surface area contributed by atoms with Crippen LogP contribution in [-0.2, 0) is 9.59 Å². The first-order chi connectivity index (χ1) is 20.5. The summed E-state index contributed by atoms with van der Waals surface area (Å²) in [5.74, 6) is -0.286. The lowest BCUT2D eigenvalue weighted by Crippen LogP contribution is -2.36. The Morgan fingerprint density at radius 1 is 0.810 bits per heavy atom. The average molecular weight is 573 g/mol. The molecule has 7 nitrogen and oxygen atoms in total. The highest BCUT2D eigenvalue weighted by Crippen LogP contribution is 2.42. The molecular weight excluding hydrogens is 544 g/mol. The molecule has 0 radical (unpaired) electrons. The molecule has 0 saturated carbocycles. The molecule has 2 amide bonds. The third kappa shape index (κ3) is 6.95. The molecule has 4 aromatic carbocycles. The number of hydrogen-bond donors (Lipinski definition) is 2. The van der Waals surface area contributed by atoms with Gasteiger partial charge in [-0.1, -0.05) is 78.5 Å². The van der Waals surface area contributed by atoms with E-state index in [1.165, 1.54) is 11.8 Å². The molecule has 8 heteroatoms. The van der Waals surface area contributed by atoms with Crippen LogP contribution in [0.1, 0.15) is 18.4 Å². The molecule has 0 unspecified atom stereocenters. The first-order valence-corrected chi connectivity index (χ1v) is 14.4. The van der Waals surface area contributed by atoms with Crippen molar-refractivity contribution in [3.05, 3.63) is 131 Å². The number of thioether (sulfide) groups is 1. The van der Waals surface area contributed by atoms with Crippen molar-refractivity contribution in [2.24, 2.45) is 10.9 Å². The van der Waals surface area contributed by atoms with E-state index in [2.05, 4.69) is 21.7 Å². The number of allylic oxidation sites excluding steroid dienone is 1. The molecular formula is C34H28N4O3S. The zero-order valence-corrected chi connectivity index (χ0v) is 23.7. The normalized spacial score (nSPS) is 16.1. The van der Waals surface area contributed by atoms with Crippen molar-refractivity contribution in [2.75, 3.05) is 16.4 Å². The van der Waals surface area contributed by atoms with Gasteiger partial charge >= 0.3 is 0 Å². The molecule has 0 saturated heterocycles. The Kier molecular flexibility index (Phi) is 9.12. The standard InChI is InChI=1S/C34H28N4O3S/c1-23-31(33(40)38-25-13-7-3-8-14-25)32(24-11-5-2-6-12-24)29(21-35)34(36-23)42-22-30(39)37-26-17-19-28(20-18-26)41-27-15-9-4-10-16-27/h2-20,31-32H,22H2,1H3,(H,37,39)(H,38,40)/t31-,32-/m0/s1. The van der Waals surface area contributed by atoms with Gasteiger partial charge in [-0.25, -0.2) is 4.99 Å². The number of carbonyl (C=O) groups excluding carboxylic acids is 2. The first kappa shape index (κ1) is 28.4. The fourth-order valence-electron chi connectivity index (χ4n) is 4.72. The van der Waals surface area contributed by atoms with Gasteiger partial charge in [0.1, 0.15) is 16.5 Å². The van der Waals surface area contributed by atoms with Crippen LogP contribution < -0.4 is 15.4 Å². The Morgan fingerprint density at radius 3 is 2.02 bits per heavy atom. The summed E-state index contributed by atoms with van der Waals surface area (Å²) in [6.45, 7) is 1.79. The molecule has 2 atom stereocenters. The van der Waals surface area contributed by atoms with E-state index in [1.54, 1.807) is 31.2 Å². The fraction of sp³-hybridized carbons (Fsp3) is 0.118. The van der Waals surface area contributed by atoms with E-state index in [4.69, 9.17) is 4.74 Å². The number of ether oxygens (including phenoxy) is 1. The molecule has 1 aliphatic rings. The first-order valence-electron chi connectivity index (χ1n) is 13.4. The van der Waals surface area contributed by atoms with Gasteiger partial charge in [0.25, 0.3) is 0 Å². The van der Waals surface area contributed by atoms with Crippen LogP contribution in [0.3, 0.4) is 0 Å². The number of amides is 2. The van der Waals surface area contributed by atoms with Crippen molar-refractivity contribution in [1.82, 2.24) is 0 Å². The van der Waals surface area contributed by atoms with E-state index in [9.17, 15) is 14.9 Å². The van der Waals surface area contributed by atoms with Gasteiger partial charge < -0.3 is 15.4 Å². The number of rotatable bonds is 9. The highest BCUT2D eigenvalue weighted by molar-refractivity contribution is 8.03. The number of anilines is 2. The molecule has 4 aromatic rings. The average Bonchev–Trinajstić information content (AvgIpc) is 3.02. The predicted octanol–water partition coefficient (Wildman–Crippen LogP) is 7.40. The number of carbonyl (C=O) groups is 2. The van der Waals surface area contributed by atoms with Crippen LogP contribution in [0, 0.1) is 17.2 Å². The molecule has 0 aliphatic carbocycles. The van der Waals surface area contributed by atoms with Crippen molar-refractivity contribution < 1.29 is 14.3 Å². The molecule has 0 fully saturated rings. The van der Waals surface area contributed by atoms with Gasteiger partial charge in [0, 0.05) is 23.0 Å². The minimum Gasteiger partial charge on any atom is -0.457 e. The molecule has 0 aromatic heterocycles. The van der Waals surface area contributed by atoms with Gasteiger partial charge in [0.15, 0.2) is 0 Å². The van der Waals surface area contributed by atoms with Gasteiger partial charge in [0.05, 0.1) is 23.3 Å². The van der Waals surface area contributed by atoms with Crippen LogP contribution in [0.5, 0.6) is 11.5 Å². The largest absolute Gasteiger partial charge is 0.457 e. The lowest BCUT2D eigenvalue weighted by molar-refractivity contribution is -0.118. The summed E-state index contributed by atoms with van der Waals surface area (Å²) in [4.78, 5) is 31.0. The summed E-state index contributed by atoms with van der Waals surface area (Å²) in [6.07, 6.45) is 0.